The summed E-state index contributed by atoms with van der Waals surface area (Å²) >= 11 is 1.36. The van der Waals surface area contributed by atoms with Gasteiger partial charge in [0, 0.05) is 28.2 Å². The number of hydrogen-bond acceptors (Lipinski definition) is 6. The Hall–Kier alpha value is -3.57. The van der Waals surface area contributed by atoms with Gasteiger partial charge in [-0.25, -0.2) is 9.36 Å². The maximum Gasteiger partial charge on any atom is 0.274 e. The number of H-pyrrole nitrogens is 1. The number of rotatable bonds is 3. The van der Waals surface area contributed by atoms with Crippen molar-refractivity contribution in [2.24, 2.45) is 0 Å². The van der Waals surface area contributed by atoms with Crippen LogP contribution in [0, 0.1) is 18.3 Å². The molecule has 0 saturated carbocycles. The minimum Gasteiger partial charge on any atom is -0.321 e. The maximum absolute atomic E-state index is 12.5. The van der Waals surface area contributed by atoms with E-state index < -0.39 is 0 Å². The molecule has 3 heterocycles. The molecule has 3 aromatic heterocycles. The van der Waals surface area contributed by atoms with E-state index in [9.17, 15) is 4.79 Å². The number of pyridine rings is 1. The van der Waals surface area contributed by atoms with Crippen molar-refractivity contribution in [1.82, 2.24) is 19.6 Å². The van der Waals surface area contributed by atoms with Crippen LogP contribution in [0.5, 0.6) is 0 Å². The molecule has 0 radical (unpaired) electrons. The number of hydrogen-bond donors (Lipinski definition) is 2. The number of nitrogens with zero attached hydrogens (tertiary/aromatic N) is 4. The minimum absolute atomic E-state index is 0.290. The van der Waals surface area contributed by atoms with Crippen LogP contribution in [-0.2, 0) is 0 Å². The molecule has 0 aliphatic carbocycles. The summed E-state index contributed by atoms with van der Waals surface area (Å²) in [6.45, 7) is 1.75. The van der Waals surface area contributed by atoms with Crippen LogP contribution < -0.4 is 5.32 Å². The molecule has 0 aliphatic heterocycles. The van der Waals surface area contributed by atoms with Crippen molar-refractivity contribution in [1.29, 1.82) is 5.26 Å². The molecule has 7 nitrogen and oxygen atoms in total. The van der Waals surface area contributed by atoms with Crippen molar-refractivity contribution in [2.45, 2.75) is 6.92 Å². The molecule has 2 N–H and O–H groups in total. The molecule has 0 bridgehead atoms. The van der Waals surface area contributed by atoms with E-state index in [0.717, 1.165) is 22.2 Å². The number of aromatic nitrogens is 4. The van der Waals surface area contributed by atoms with Gasteiger partial charge in [0.15, 0.2) is 0 Å². The first-order chi connectivity index (χ1) is 12.7. The number of fused-ring (bicyclic) bond motifs is 1. The van der Waals surface area contributed by atoms with Crippen LogP contribution in [0.1, 0.15) is 21.6 Å². The highest BCUT2D eigenvalue weighted by molar-refractivity contribution is 7.03. The molecule has 126 valence electrons. The number of benzene rings is 1. The van der Waals surface area contributed by atoms with Gasteiger partial charge in [-0.05, 0) is 48.3 Å². The number of nitrogens with one attached hydrogen (secondary N) is 2. The lowest BCUT2D eigenvalue weighted by Crippen LogP contribution is -2.15. The Bertz CT molecular complexity index is 1160. The van der Waals surface area contributed by atoms with Crippen LogP contribution >= 0.6 is 11.5 Å². The lowest BCUT2D eigenvalue weighted by atomic mass is 10.1. The molecular formula is C18H12N6OS. The summed E-state index contributed by atoms with van der Waals surface area (Å²) in [5, 5.41) is 21.9. The third-order valence-corrected chi connectivity index (χ3v) is 4.54. The smallest absolute Gasteiger partial charge is 0.274 e. The monoisotopic (exact) mass is 360 g/mol. The minimum atomic E-state index is -0.325. The van der Waals surface area contributed by atoms with E-state index in [1.807, 2.05) is 23.6 Å². The summed E-state index contributed by atoms with van der Waals surface area (Å²) in [4.78, 5) is 16.6. The Kier molecular flexibility index (Phi) is 3.91. The van der Waals surface area contributed by atoms with Gasteiger partial charge >= 0.3 is 0 Å². The van der Waals surface area contributed by atoms with Gasteiger partial charge in [0.2, 0.25) is 0 Å². The van der Waals surface area contributed by atoms with Gasteiger partial charge in [0.05, 0.1) is 17.3 Å². The number of amides is 1. The Morgan fingerprint density at radius 2 is 2.19 bits per heavy atom. The molecule has 0 aliphatic rings. The van der Waals surface area contributed by atoms with Crippen LogP contribution in [0.3, 0.4) is 0 Å². The summed E-state index contributed by atoms with van der Waals surface area (Å²) in [5.74, 6) is -0.325. The van der Waals surface area contributed by atoms with Crippen molar-refractivity contribution < 1.29 is 4.79 Å². The first kappa shape index (κ1) is 15.9. The van der Waals surface area contributed by atoms with Gasteiger partial charge in [-0.2, -0.15) is 10.4 Å². The predicted molar refractivity (Wildman–Crippen MR) is 98.8 cm³/mol. The Balaban J connectivity index is 1.66. The fraction of sp³-hybridized carbons (Fsp3) is 0.0556. The SMILES string of the molecule is Cc1cc(C#N)cnc1C(=O)Nc1ccc2[nH]nc(-c3cnsc3)c2c1. The van der Waals surface area contributed by atoms with Gasteiger partial charge in [0.1, 0.15) is 17.5 Å². The number of nitriles is 1. The second-order valence-electron chi connectivity index (χ2n) is 5.70. The van der Waals surface area contributed by atoms with Crippen molar-refractivity contribution in [3.63, 3.8) is 0 Å². The summed E-state index contributed by atoms with van der Waals surface area (Å²) in [7, 11) is 0. The second-order valence-corrected chi connectivity index (χ2v) is 6.36. The van der Waals surface area contributed by atoms with Crippen LogP contribution in [0.15, 0.2) is 42.0 Å². The number of carbonyl (C=O) groups excluding carboxylic acids is 1. The van der Waals surface area contributed by atoms with Crippen LogP contribution in [0.25, 0.3) is 22.2 Å². The molecule has 4 aromatic rings. The molecule has 4 rings (SSSR count). The first-order valence-corrected chi connectivity index (χ1v) is 8.55. The average molecular weight is 360 g/mol. The molecule has 1 amide bonds. The Labute approximate surface area is 152 Å². The molecule has 8 heteroatoms. The van der Waals surface area contributed by atoms with Gasteiger partial charge in [-0.15, -0.1) is 0 Å². The summed E-state index contributed by atoms with van der Waals surface area (Å²) < 4.78 is 4.11. The quantitative estimate of drug-likeness (QED) is 0.581. The zero-order valence-corrected chi connectivity index (χ0v) is 14.5. The first-order valence-electron chi connectivity index (χ1n) is 7.71. The molecule has 0 spiro atoms. The topological polar surface area (TPSA) is 107 Å². The van der Waals surface area contributed by atoms with Crippen LogP contribution in [-0.4, -0.2) is 25.5 Å². The third-order valence-electron chi connectivity index (χ3n) is 3.95. The van der Waals surface area contributed by atoms with E-state index in [1.165, 1.54) is 17.7 Å². The molecular weight excluding hydrogens is 348 g/mol. The lowest BCUT2D eigenvalue weighted by Gasteiger charge is -2.07. The second kappa shape index (κ2) is 6.38. The number of carbonyl (C=O) groups is 1. The van der Waals surface area contributed by atoms with Crippen molar-refractivity contribution in [2.75, 3.05) is 5.32 Å². The van der Waals surface area contributed by atoms with Crippen LogP contribution in [0.4, 0.5) is 5.69 Å². The largest absolute Gasteiger partial charge is 0.321 e. The zero-order valence-electron chi connectivity index (χ0n) is 13.6. The predicted octanol–water partition coefficient (Wildman–Crippen LogP) is 3.51. The molecule has 0 unspecified atom stereocenters. The van der Waals surface area contributed by atoms with E-state index in [2.05, 4.69) is 24.9 Å². The number of anilines is 1. The molecule has 0 saturated heterocycles. The van der Waals surface area contributed by atoms with Crippen LogP contribution in [0.2, 0.25) is 0 Å². The Morgan fingerprint density at radius 3 is 2.92 bits per heavy atom. The third kappa shape index (κ3) is 2.81. The highest BCUT2D eigenvalue weighted by Crippen LogP contribution is 2.29. The normalized spacial score (nSPS) is 10.6. The lowest BCUT2D eigenvalue weighted by molar-refractivity contribution is 0.102. The van der Waals surface area contributed by atoms with Crippen molar-refractivity contribution in [3.05, 3.63) is 58.9 Å². The Morgan fingerprint density at radius 1 is 1.31 bits per heavy atom. The van der Waals surface area contributed by atoms with Gasteiger partial charge < -0.3 is 5.32 Å². The molecule has 0 atom stereocenters. The fourth-order valence-corrected chi connectivity index (χ4v) is 3.22. The van der Waals surface area contributed by atoms with E-state index in [1.54, 1.807) is 25.3 Å². The van der Waals surface area contributed by atoms with Gasteiger partial charge in [-0.3, -0.25) is 9.89 Å². The van der Waals surface area contributed by atoms with Gasteiger partial charge in [-0.1, -0.05) is 0 Å². The average Bonchev–Trinajstić information content (AvgIpc) is 3.30. The highest BCUT2D eigenvalue weighted by Gasteiger charge is 2.14. The molecule has 0 fully saturated rings. The van der Waals surface area contributed by atoms with E-state index in [-0.39, 0.29) is 5.91 Å². The summed E-state index contributed by atoms with van der Waals surface area (Å²) in [6, 6.07) is 9.18. The summed E-state index contributed by atoms with van der Waals surface area (Å²) in [6.07, 6.45) is 3.15. The molecule has 26 heavy (non-hydrogen) atoms. The van der Waals surface area contributed by atoms with E-state index in [4.69, 9.17) is 5.26 Å². The van der Waals surface area contributed by atoms with E-state index >= 15 is 0 Å². The maximum atomic E-state index is 12.5. The molecule has 1 aromatic carbocycles. The van der Waals surface area contributed by atoms with Crippen molar-refractivity contribution in [3.8, 4) is 17.3 Å². The van der Waals surface area contributed by atoms with Crippen molar-refractivity contribution >= 4 is 34.0 Å². The van der Waals surface area contributed by atoms with Gasteiger partial charge in [0.25, 0.3) is 5.91 Å². The highest BCUT2D eigenvalue weighted by atomic mass is 32.1. The number of aromatic amines is 1. The number of aryl methyl sites for hydroxylation is 1. The fourth-order valence-electron chi connectivity index (χ4n) is 2.70. The zero-order chi connectivity index (χ0) is 18.1. The summed E-state index contributed by atoms with van der Waals surface area (Å²) in [5.41, 5.74) is 4.59. The standard InChI is InChI=1S/C18H12N6OS/c1-10-4-11(6-19)7-20-16(10)18(25)22-13-2-3-15-14(5-13)17(24-23-15)12-8-21-26-9-12/h2-5,7-9H,1H3,(H,22,25)(H,23,24). The van der Waals surface area contributed by atoms with E-state index in [0.29, 0.717) is 22.5 Å².